The fraction of sp³-hybridized carbons (Fsp3) is 0.750. The molecule has 5 heteroatoms. The molecule has 0 spiro atoms. The molecule has 0 radical (unpaired) electrons. The fourth-order valence-electron chi connectivity index (χ4n) is 2.77. The molecule has 1 aliphatic rings. The average molecular weight is 326 g/mol. The maximum Gasteiger partial charge on any atom is 0.142 e. The topological polar surface area (TPSA) is 37.8 Å². The first-order valence-electron chi connectivity index (χ1n) is 7.97. The summed E-state index contributed by atoms with van der Waals surface area (Å²) in [4.78, 5) is 9.91. The van der Waals surface area contributed by atoms with E-state index in [4.69, 9.17) is 9.97 Å². The molecule has 1 fully saturated rings. The molecule has 1 aromatic heterocycles. The molecule has 0 aliphatic carbocycles. The zero-order chi connectivity index (χ0) is 15.2. The van der Waals surface area contributed by atoms with Gasteiger partial charge >= 0.3 is 0 Å². The lowest BCUT2D eigenvalue weighted by molar-refractivity contribution is 0.731. The van der Waals surface area contributed by atoms with Gasteiger partial charge in [-0.05, 0) is 38.4 Å². The number of nitrogens with one attached hydrogen (secondary N) is 1. The maximum atomic E-state index is 4.95. The van der Waals surface area contributed by atoms with Gasteiger partial charge in [-0.3, -0.25) is 0 Å². The van der Waals surface area contributed by atoms with E-state index in [1.165, 1.54) is 28.5 Å². The van der Waals surface area contributed by atoms with E-state index in [2.05, 4.69) is 37.8 Å². The van der Waals surface area contributed by atoms with Crippen LogP contribution in [0.4, 0.5) is 0 Å². The van der Waals surface area contributed by atoms with Gasteiger partial charge in [0, 0.05) is 28.1 Å². The van der Waals surface area contributed by atoms with E-state index in [0.29, 0.717) is 10.5 Å². The van der Waals surface area contributed by atoms with E-state index in [1.54, 1.807) is 0 Å². The molecule has 1 saturated heterocycles. The van der Waals surface area contributed by atoms with Crippen LogP contribution in [0.3, 0.4) is 0 Å². The predicted octanol–water partition coefficient (Wildman–Crippen LogP) is 3.27. The molecule has 0 amide bonds. The third-order valence-electron chi connectivity index (χ3n) is 3.93. The lowest BCUT2D eigenvalue weighted by Gasteiger charge is -2.27. The van der Waals surface area contributed by atoms with Gasteiger partial charge in [0.2, 0.25) is 0 Å². The van der Waals surface area contributed by atoms with Crippen LogP contribution in [0, 0.1) is 0 Å². The molecule has 0 bridgehead atoms. The highest BCUT2D eigenvalue weighted by Gasteiger charge is 2.27. The van der Waals surface area contributed by atoms with Gasteiger partial charge in [-0.1, -0.05) is 20.8 Å². The molecular formula is C16H27N3S2. The number of rotatable bonds is 6. The van der Waals surface area contributed by atoms with Crippen molar-refractivity contribution in [1.82, 2.24) is 15.3 Å². The summed E-state index contributed by atoms with van der Waals surface area (Å²) < 4.78 is 0. The molecule has 1 aliphatic heterocycles. The summed E-state index contributed by atoms with van der Waals surface area (Å²) in [6.07, 6.45) is 3.03. The normalized spacial score (nSPS) is 22.5. The van der Waals surface area contributed by atoms with Crippen LogP contribution in [0.1, 0.15) is 48.8 Å². The Morgan fingerprint density at radius 3 is 2.24 bits per heavy atom. The third-order valence-corrected chi connectivity index (χ3v) is 7.02. The molecule has 3 nitrogen and oxygen atoms in total. The van der Waals surface area contributed by atoms with Crippen molar-refractivity contribution >= 4 is 23.5 Å². The summed E-state index contributed by atoms with van der Waals surface area (Å²) in [5.41, 5.74) is 3.89. The molecule has 21 heavy (non-hydrogen) atoms. The van der Waals surface area contributed by atoms with Crippen molar-refractivity contribution in [2.24, 2.45) is 0 Å². The zero-order valence-corrected chi connectivity index (χ0v) is 15.2. The minimum Gasteiger partial charge on any atom is -0.319 e. The summed E-state index contributed by atoms with van der Waals surface area (Å²) in [7, 11) is 2.00. The minimum absolute atomic E-state index is 0.456. The van der Waals surface area contributed by atoms with Crippen molar-refractivity contribution in [3.05, 3.63) is 22.8 Å². The van der Waals surface area contributed by atoms with E-state index in [-0.39, 0.29) is 0 Å². The highest BCUT2D eigenvalue weighted by atomic mass is 32.2. The Morgan fingerprint density at radius 2 is 1.71 bits per heavy atom. The van der Waals surface area contributed by atoms with E-state index >= 15 is 0 Å². The molecule has 0 aromatic carbocycles. The van der Waals surface area contributed by atoms with Gasteiger partial charge in [-0.2, -0.15) is 11.8 Å². The van der Waals surface area contributed by atoms with Crippen molar-refractivity contribution in [2.75, 3.05) is 25.1 Å². The molecular weight excluding hydrogens is 298 g/mol. The van der Waals surface area contributed by atoms with Gasteiger partial charge in [0.1, 0.15) is 5.82 Å². The Morgan fingerprint density at radius 1 is 1.10 bits per heavy atom. The Balaban J connectivity index is 2.34. The number of hydrogen-bond acceptors (Lipinski definition) is 5. The highest BCUT2D eigenvalue weighted by molar-refractivity contribution is 8.06. The first-order chi connectivity index (χ1) is 10.2. The van der Waals surface area contributed by atoms with Crippen LogP contribution < -0.4 is 5.32 Å². The van der Waals surface area contributed by atoms with Gasteiger partial charge < -0.3 is 5.32 Å². The number of aryl methyl sites for hydroxylation is 2. The van der Waals surface area contributed by atoms with Gasteiger partial charge in [0.05, 0.1) is 5.25 Å². The molecule has 2 heterocycles. The first kappa shape index (κ1) is 17.1. The number of hydrogen-bond donors (Lipinski definition) is 1. The molecule has 2 rings (SSSR count). The second kappa shape index (κ2) is 8.39. The minimum atomic E-state index is 0.456. The lowest BCUT2D eigenvalue weighted by atomic mass is 10.0. The van der Waals surface area contributed by atoms with Crippen molar-refractivity contribution in [3.63, 3.8) is 0 Å². The van der Waals surface area contributed by atoms with E-state index in [9.17, 15) is 0 Å². The molecule has 0 saturated carbocycles. The Bertz CT molecular complexity index is 440. The lowest BCUT2D eigenvalue weighted by Crippen LogP contribution is -2.21. The van der Waals surface area contributed by atoms with Crippen LogP contribution in [0.15, 0.2) is 0 Å². The van der Waals surface area contributed by atoms with Crippen LogP contribution in [0.25, 0.3) is 0 Å². The van der Waals surface area contributed by atoms with Crippen LogP contribution in [0.5, 0.6) is 0 Å². The molecule has 118 valence electrons. The zero-order valence-electron chi connectivity index (χ0n) is 13.6. The molecule has 2 atom stereocenters. The van der Waals surface area contributed by atoms with Crippen LogP contribution in [-0.2, 0) is 19.3 Å². The van der Waals surface area contributed by atoms with Gasteiger partial charge in [-0.25, -0.2) is 9.97 Å². The summed E-state index contributed by atoms with van der Waals surface area (Å²) in [5, 5.41) is 4.31. The number of thioether (sulfide) groups is 2. The Kier molecular flexibility index (Phi) is 6.83. The summed E-state index contributed by atoms with van der Waals surface area (Å²) in [6.45, 7) is 7.73. The monoisotopic (exact) mass is 325 g/mol. The SMILES string of the molecule is CCc1nc(C2SCCSC2C)nc(CC)c1CCNC. The Labute approximate surface area is 137 Å². The maximum absolute atomic E-state index is 4.95. The van der Waals surface area contributed by atoms with Crippen molar-refractivity contribution in [1.29, 1.82) is 0 Å². The van der Waals surface area contributed by atoms with E-state index in [1.807, 2.05) is 18.8 Å². The average Bonchev–Trinajstić information content (AvgIpc) is 2.52. The van der Waals surface area contributed by atoms with Crippen molar-refractivity contribution < 1.29 is 0 Å². The number of nitrogens with zero attached hydrogens (tertiary/aromatic N) is 2. The predicted molar refractivity (Wildman–Crippen MR) is 95.5 cm³/mol. The number of aromatic nitrogens is 2. The van der Waals surface area contributed by atoms with Gasteiger partial charge in [0.15, 0.2) is 0 Å². The van der Waals surface area contributed by atoms with Crippen LogP contribution in [-0.4, -0.2) is 40.3 Å². The van der Waals surface area contributed by atoms with Gasteiger partial charge in [0.25, 0.3) is 0 Å². The van der Waals surface area contributed by atoms with E-state index in [0.717, 1.165) is 31.6 Å². The summed E-state index contributed by atoms with van der Waals surface area (Å²) in [6, 6.07) is 0. The highest BCUT2D eigenvalue weighted by Crippen LogP contribution is 2.41. The van der Waals surface area contributed by atoms with Crippen LogP contribution in [0.2, 0.25) is 0 Å². The smallest absolute Gasteiger partial charge is 0.142 e. The van der Waals surface area contributed by atoms with Crippen molar-refractivity contribution in [3.8, 4) is 0 Å². The summed E-state index contributed by atoms with van der Waals surface area (Å²) >= 11 is 4.08. The summed E-state index contributed by atoms with van der Waals surface area (Å²) in [5.74, 6) is 3.54. The standard InChI is InChI=1S/C16H27N3S2/c1-5-13-12(7-8-17-4)14(6-2)19-16(18-13)15-11(3)20-9-10-21-15/h11,15,17H,5-10H2,1-4H3. The second-order valence-electron chi connectivity index (χ2n) is 5.38. The van der Waals surface area contributed by atoms with Gasteiger partial charge in [-0.15, -0.1) is 11.8 Å². The largest absolute Gasteiger partial charge is 0.319 e. The quantitative estimate of drug-likeness (QED) is 0.869. The fourth-order valence-corrected chi connectivity index (χ4v) is 5.46. The third kappa shape index (κ3) is 4.14. The molecule has 2 unspecified atom stereocenters. The molecule has 1 N–H and O–H groups in total. The Hall–Kier alpha value is -0.260. The van der Waals surface area contributed by atoms with Crippen LogP contribution >= 0.6 is 23.5 Å². The molecule has 1 aromatic rings. The first-order valence-corrected chi connectivity index (χ1v) is 10.1. The van der Waals surface area contributed by atoms with E-state index < -0.39 is 0 Å². The van der Waals surface area contributed by atoms with Crippen molar-refractivity contribution in [2.45, 2.75) is 50.5 Å². The second-order valence-corrected chi connectivity index (χ2v) is 8.12. The number of likely N-dealkylation sites (N-methyl/N-ethyl adjacent to an activating group) is 1.